The van der Waals surface area contributed by atoms with Gasteiger partial charge in [-0.05, 0) is 30.9 Å². The molecular weight excluding hydrogens is 327 g/mol. The Morgan fingerprint density at radius 3 is 2.62 bits per heavy atom. The molecule has 0 aromatic carbocycles. The van der Waals surface area contributed by atoms with Crippen molar-refractivity contribution in [3.05, 3.63) is 23.9 Å². The number of ether oxygens (including phenoxy) is 1. The number of hydrogen-bond acceptors (Lipinski definition) is 6. The molecule has 2 heterocycles. The van der Waals surface area contributed by atoms with Crippen LogP contribution < -0.4 is 4.90 Å². The second kappa shape index (κ2) is 7.29. The van der Waals surface area contributed by atoms with Crippen molar-refractivity contribution in [3.8, 4) is 6.07 Å². The highest BCUT2D eigenvalue weighted by atomic mass is 19.4. The van der Waals surface area contributed by atoms with Crippen LogP contribution in [0.2, 0.25) is 0 Å². The van der Waals surface area contributed by atoms with Crippen LogP contribution in [0.1, 0.15) is 24.8 Å². The van der Waals surface area contributed by atoms with E-state index in [4.69, 9.17) is 5.26 Å². The van der Waals surface area contributed by atoms with Crippen LogP contribution in [0.5, 0.6) is 0 Å². The van der Waals surface area contributed by atoms with Gasteiger partial charge in [0.25, 0.3) is 0 Å². The number of rotatable bonds is 3. The first-order chi connectivity index (χ1) is 11.3. The molecule has 1 aliphatic heterocycles. The van der Waals surface area contributed by atoms with Gasteiger partial charge in [0.15, 0.2) is 0 Å². The molecule has 1 aromatic rings. The minimum Gasteiger partial charge on any atom is -0.386 e. The monoisotopic (exact) mass is 341 g/mol. The van der Waals surface area contributed by atoms with Gasteiger partial charge in [-0.2, -0.15) is 18.4 Å². The van der Waals surface area contributed by atoms with Gasteiger partial charge < -0.3 is 9.64 Å². The third kappa shape index (κ3) is 4.68. The standard InChI is InChI=1S/C15H14F3N3O3/c16-15(17,18)14(23)24-13(22)8-10-2-5-21(6-3-10)12-7-11(9-19)1-4-20-12/h1,4,7,10H,2-3,5-6,8H2. The van der Waals surface area contributed by atoms with E-state index >= 15 is 0 Å². The molecule has 0 spiro atoms. The van der Waals surface area contributed by atoms with Crippen molar-refractivity contribution in [1.82, 2.24) is 4.98 Å². The van der Waals surface area contributed by atoms with Crippen LogP contribution in [0, 0.1) is 17.2 Å². The first kappa shape index (κ1) is 17.7. The number of piperidine rings is 1. The fourth-order valence-corrected chi connectivity index (χ4v) is 2.47. The average Bonchev–Trinajstić information content (AvgIpc) is 2.54. The van der Waals surface area contributed by atoms with Crippen molar-refractivity contribution < 1.29 is 27.5 Å². The van der Waals surface area contributed by atoms with E-state index in [1.54, 1.807) is 12.1 Å². The Morgan fingerprint density at radius 1 is 1.38 bits per heavy atom. The summed E-state index contributed by atoms with van der Waals surface area (Å²) in [6.45, 7) is 1.10. The second-order valence-electron chi connectivity index (χ2n) is 5.41. The third-order valence-corrected chi connectivity index (χ3v) is 3.71. The number of hydrogen-bond donors (Lipinski definition) is 0. The lowest BCUT2D eigenvalue weighted by molar-refractivity contribution is -0.202. The van der Waals surface area contributed by atoms with Gasteiger partial charge in [0.2, 0.25) is 0 Å². The van der Waals surface area contributed by atoms with Crippen LogP contribution >= 0.6 is 0 Å². The maximum atomic E-state index is 12.0. The first-order valence-corrected chi connectivity index (χ1v) is 7.22. The normalized spacial score (nSPS) is 15.7. The zero-order chi connectivity index (χ0) is 17.7. The van der Waals surface area contributed by atoms with Crippen molar-refractivity contribution in [2.75, 3.05) is 18.0 Å². The summed E-state index contributed by atoms with van der Waals surface area (Å²) in [5.74, 6) is -3.17. The Bertz CT molecular complexity index is 662. The number of nitriles is 1. The molecule has 128 valence electrons. The molecule has 9 heteroatoms. The second-order valence-corrected chi connectivity index (χ2v) is 5.41. The molecule has 24 heavy (non-hydrogen) atoms. The molecule has 0 atom stereocenters. The topological polar surface area (TPSA) is 83.3 Å². The Morgan fingerprint density at radius 2 is 2.04 bits per heavy atom. The van der Waals surface area contributed by atoms with Crippen molar-refractivity contribution in [2.24, 2.45) is 5.92 Å². The van der Waals surface area contributed by atoms with E-state index in [1.165, 1.54) is 6.20 Å². The van der Waals surface area contributed by atoms with E-state index in [-0.39, 0.29) is 12.3 Å². The number of aromatic nitrogens is 1. The third-order valence-electron chi connectivity index (χ3n) is 3.71. The van der Waals surface area contributed by atoms with Gasteiger partial charge in [0, 0.05) is 25.7 Å². The molecule has 0 N–H and O–H groups in total. The summed E-state index contributed by atoms with van der Waals surface area (Å²) in [6, 6.07) is 5.26. The molecule has 0 bridgehead atoms. The van der Waals surface area contributed by atoms with Crippen LogP contribution in [-0.2, 0) is 14.3 Å². The lowest BCUT2D eigenvalue weighted by Crippen LogP contribution is -2.35. The smallest absolute Gasteiger partial charge is 0.386 e. The Kier molecular flexibility index (Phi) is 5.39. The predicted octanol–water partition coefficient (Wildman–Crippen LogP) is 2.19. The number of esters is 2. The summed E-state index contributed by atoms with van der Waals surface area (Å²) >= 11 is 0. The molecular formula is C15H14F3N3O3. The highest BCUT2D eigenvalue weighted by Gasteiger charge is 2.42. The maximum Gasteiger partial charge on any atom is 0.491 e. The zero-order valence-electron chi connectivity index (χ0n) is 12.5. The van der Waals surface area contributed by atoms with E-state index in [1.807, 2.05) is 11.0 Å². The maximum absolute atomic E-state index is 12.0. The van der Waals surface area contributed by atoms with Gasteiger partial charge >= 0.3 is 18.1 Å². The molecule has 2 rings (SSSR count). The van der Waals surface area contributed by atoms with E-state index < -0.39 is 18.1 Å². The molecule has 1 fully saturated rings. The number of alkyl halides is 3. The van der Waals surface area contributed by atoms with E-state index in [0.717, 1.165) is 0 Å². The molecule has 0 saturated carbocycles. The van der Waals surface area contributed by atoms with E-state index in [9.17, 15) is 22.8 Å². The highest BCUT2D eigenvalue weighted by Crippen LogP contribution is 2.25. The van der Waals surface area contributed by atoms with Gasteiger partial charge in [0.05, 0.1) is 11.6 Å². The number of carbonyl (C=O) groups excluding carboxylic acids is 2. The van der Waals surface area contributed by atoms with Crippen molar-refractivity contribution >= 4 is 17.8 Å². The summed E-state index contributed by atoms with van der Waals surface area (Å²) in [5.41, 5.74) is 0.483. The molecule has 1 saturated heterocycles. The van der Waals surface area contributed by atoms with Crippen LogP contribution in [0.15, 0.2) is 18.3 Å². The number of pyridine rings is 1. The first-order valence-electron chi connectivity index (χ1n) is 7.22. The molecule has 0 aliphatic carbocycles. The van der Waals surface area contributed by atoms with Crippen molar-refractivity contribution in [1.29, 1.82) is 5.26 Å². The van der Waals surface area contributed by atoms with Crippen molar-refractivity contribution in [3.63, 3.8) is 0 Å². The lowest BCUT2D eigenvalue weighted by Gasteiger charge is -2.32. The minimum atomic E-state index is -5.17. The summed E-state index contributed by atoms with van der Waals surface area (Å²) in [5, 5.41) is 8.88. The SMILES string of the molecule is N#Cc1ccnc(N2CCC(CC(=O)OC(=O)C(F)(F)F)CC2)c1. The minimum absolute atomic E-state index is 0.158. The van der Waals surface area contributed by atoms with Gasteiger partial charge in [-0.15, -0.1) is 0 Å². The quantitative estimate of drug-likeness (QED) is 0.619. The average molecular weight is 341 g/mol. The summed E-state index contributed by atoms with van der Waals surface area (Å²) in [7, 11) is 0. The Hall–Kier alpha value is -2.63. The van der Waals surface area contributed by atoms with Crippen LogP contribution in [0.3, 0.4) is 0 Å². The number of nitrogens with zero attached hydrogens (tertiary/aromatic N) is 3. The van der Waals surface area contributed by atoms with Gasteiger partial charge in [0.1, 0.15) is 5.82 Å². The molecule has 0 radical (unpaired) electrons. The molecule has 0 amide bonds. The van der Waals surface area contributed by atoms with Gasteiger partial charge in [-0.3, -0.25) is 4.79 Å². The largest absolute Gasteiger partial charge is 0.491 e. The van der Waals surface area contributed by atoms with E-state index in [0.29, 0.717) is 37.3 Å². The predicted molar refractivity (Wildman–Crippen MR) is 75.7 cm³/mol. The zero-order valence-corrected chi connectivity index (χ0v) is 12.5. The van der Waals surface area contributed by atoms with Crippen LogP contribution in [-0.4, -0.2) is 36.2 Å². The Labute approximate surface area is 135 Å². The van der Waals surface area contributed by atoms with Crippen molar-refractivity contribution in [2.45, 2.75) is 25.4 Å². The number of anilines is 1. The summed E-state index contributed by atoms with van der Waals surface area (Å²) in [6.07, 6.45) is -2.78. The molecule has 1 aromatic heterocycles. The van der Waals surface area contributed by atoms with Gasteiger partial charge in [-0.25, -0.2) is 9.78 Å². The number of halogens is 3. The molecule has 6 nitrogen and oxygen atoms in total. The van der Waals surface area contributed by atoms with E-state index in [2.05, 4.69) is 9.72 Å². The summed E-state index contributed by atoms with van der Waals surface area (Å²) < 4.78 is 39.9. The fraction of sp³-hybridized carbons (Fsp3) is 0.467. The fourth-order valence-electron chi connectivity index (χ4n) is 2.47. The lowest BCUT2D eigenvalue weighted by atomic mass is 9.93. The number of carbonyl (C=O) groups is 2. The van der Waals surface area contributed by atoms with Crippen LogP contribution in [0.4, 0.5) is 19.0 Å². The van der Waals surface area contributed by atoms with Gasteiger partial charge in [-0.1, -0.05) is 0 Å². The Balaban J connectivity index is 1.83. The summed E-state index contributed by atoms with van der Waals surface area (Å²) in [4.78, 5) is 28.1. The molecule has 0 unspecified atom stereocenters. The molecule has 1 aliphatic rings. The van der Waals surface area contributed by atoms with Crippen LogP contribution in [0.25, 0.3) is 0 Å². The highest BCUT2D eigenvalue weighted by molar-refractivity contribution is 5.88.